The number of rotatable bonds is 6. The number of hydrogen-bond acceptors (Lipinski definition) is 4. The Morgan fingerprint density at radius 3 is 2.64 bits per heavy atom. The van der Waals surface area contributed by atoms with Crippen molar-refractivity contribution in [3.8, 4) is 5.75 Å². The molecule has 2 aliphatic rings. The van der Waals surface area contributed by atoms with Gasteiger partial charge in [-0.1, -0.05) is 18.2 Å². The number of aliphatic carboxylic acids is 1. The minimum absolute atomic E-state index is 0.0204. The number of carboxylic acid groups (broad SMARTS) is 1. The number of nitrogens with zero attached hydrogens (tertiary/aromatic N) is 1. The maximum Gasteiger partial charge on any atom is 0.305 e. The van der Waals surface area contributed by atoms with Crippen LogP contribution in [0, 0.1) is 0 Å². The number of ether oxygens (including phenoxy) is 2. The summed E-state index contributed by atoms with van der Waals surface area (Å²) in [7, 11) is 0. The van der Waals surface area contributed by atoms with Crippen LogP contribution in [-0.4, -0.2) is 54.3 Å². The van der Waals surface area contributed by atoms with Gasteiger partial charge in [-0.3, -0.25) is 9.59 Å². The second kappa shape index (κ2) is 8.34. The van der Waals surface area contributed by atoms with Crippen LogP contribution in [0.15, 0.2) is 24.3 Å². The first-order valence-corrected chi connectivity index (χ1v) is 8.96. The lowest BCUT2D eigenvalue weighted by Gasteiger charge is -2.35. The summed E-state index contributed by atoms with van der Waals surface area (Å²) in [6.45, 7) is 2.13. The topological polar surface area (TPSA) is 76.1 Å². The smallest absolute Gasteiger partial charge is 0.305 e. The molecule has 2 aliphatic heterocycles. The molecular weight excluding hydrogens is 322 g/mol. The van der Waals surface area contributed by atoms with Gasteiger partial charge in [0, 0.05) is 32.2 Å². The first kappa shape index (κ1) is 17.7. The second-order valence-electron chi connectivity index (χ2n) is 6.65. The van der Waals surface area contributed by atoms with E-state index in [0.717, 1.165) is 30.6 Å². The quantitative estimate of drug-likeness (QED) is 0.855. The van der Waals surface area contributed by atoms with Gasteiger partial charge in [-0.2, -0.15) is 0 Å². The molecule has 0 bridgehead atoms. The predicted molar refractivity (Wildman–Crippen MR) is 91.7 cm³/mol. The molecule has 1 unspecified atom stereocenters. The molecule has 1 N–H and O–H groups in total. The molecule has 1 amide bonds. The Labute approximate surface area is 147 Å². The number of benzene rings is 1. The van der Waals surface area contributed by atoms with E-state index >= 15 is 0 Å². The van der Waals surface area contributed by atoms with Crippen LogP contribution in [0.1, 0.15) is 43.6 Å². The fourth-order valence-electron chi connectivity index (χ4n) is 3.68. The average Bonchev–Trinajstić information content (AvgIpc) is 2.63. The number of amides is 1. The van der Waals surface area contributed by atoms with Gasteiger partial charge < -0.3 is 19.5 Å². The fourth-order valence-corrected chi connectivity index (χ4v) is 3.68. The standard InChI is InChI=1S/C19H25NO5/c21-18(13-14-6-12-25-17-4-2-1-3-16(14)17)20(9-5-19(22)23)15-7-10-24-11-8-15/h1-4,14-15H,5-13H2,(H,22,23). The highest BCUT2D eigenvalue weighted by Gasteiger charge is 2.30. The highest BCUT2D eigenvalue weighted by Crippen LogP contribution is 2.36. The van der Waals surface area contributed by atoms with E-state index in [4.69, 9.17) is 14.6 Å². The molecule has 0 spiro atoms. The summed E-state index contributed by atoms with van der Waals surface area (Å²) in [5.41, 5.74) is 1.08. The van der Waals surface area contributed by atoms with Gasteiger partial charge in [-0.25, -0.2) is 0 Å². The van der Waals surface area contributed by atoms with E-state index < -0.39 is 5.97 Å². The van der Waals surface area contributed by atoms with Gasteiger partial charge >= 0.3 is 5.97 Å². The van der Waals surface area contributed by atoms with Crippen molar-refractivity contribution in [3.63, 3.8) is 0 Å². The molecular formula is C19H25NO5. The molecule has 0 aliphatic carbocycles. The van der Waals surface area contributed by atoms with E-state index in [1.807, 2.05) is 24.3 Å². The minimum Gasteiger partial charge on any atom is -0.493 e. The molecule has 1 aromatic rings. The number of hydrogen-bond donors (Lipinski definition) is 1. The lowest BCUT2D eigenvalue weighted by Crippen LogP contribution is -2.45. The molecule has 6 heteroatoms. The number of fused-ring (bicyclic) bond motifs is 1. The van der Waals surface area contributed by atoms with Gasteiger partial charge in [0.25, 0.3) is 0 Å². The summed E-state index contributed by atoms with van der Waals surface area (Å²) in [5, 5.41) is 9.01. The summed E-state index contributed by atoms with van der Waals surface area (Å²) in [6, 6.07) is 7.93. The monoisotopic (exact) mass is 347 g/mol. The summed E-state index contributed by atoms with van der Waals surface area (Å²) in [6.07, 6.45) is 2.74. The minimum atomic E-state index is -0.874. The number of carbonyl (C=O) groups is 2. The van der Waals surface area contributed by atoms with Crippen LogP contribution in [-0.2, 0) is 14.3 Å². The number of carboxylic acids is 1. The zero-order valence-corrected chi connectivity index (χ0v) is 14.4. The summed E-state index contributed by atoms with van der Waals surface area (Å²) in [4.78, 5) is 25.7. The molecule has 0 saturated carbocycles. The molecule has 1 atom stereocenters. The van der Waals surface area contributed by atoms with Gasteiger partial charge in [0.05, 0.1) is 13.0 Å². The average molecular weight is 347 g/mol. The predicted octanol–water partition coefficient (Wildman–Crippen LogP) is 2.43. The van der Waals surface area contributed by atoms with E-state index in [2.05, 4.69) is 0 Å². The lowest BCUT2D eigenvalue weighted by molar-refractivity contribution is -0.140. The molecule has 1 aromatic carbocycles. The van der Waals surface area contributed by atoms with Crippen molar-refractivity contribution < 1.29 is 24.2 Å². The third-order valence-corrected chi connectivity index (χ3v) is 5.02. The SMILES string of the molecule is O=C(O)CCN(C(=O)CC1CCOc2ccccc21)C1CCOCC1. The van der Waals surface area contributed by atoms with Gasteiger partial charge in [0.1, 0.15) is 5.75 Å². The van der Waals surface area contributed by atoms with Crippen molar-refractivity contribution in [2.45, 2.75) is 44.1 Å². The van der Waals surface area contributed by atoms with E-state index in [0.29, 0.717) is 26.2 Å². The molecule has 6 nitrogen and oxygen atoms in total. The first-order chi connectivity index (χ1) is 12.1. The van der Waals surface area contributed by atoms with E-state index in [9.17, 15) is 9.59 Å². The highest BCUT2D eigenvalue weighted by atomic mass is 16.5. The maximum atomic E-state index is 13.0. The third kappa shape index (κ3) is 4.51. The third-order valence-electron chi connectivity index (χ3n) is 5.02. The largest absolute Gasteiger partial charge is 0.493 e. The van der Waals surface area contributed by atoms with Crippen LogP contribution in [0.3, 0.4) is 0 Å². The zero-order chi connectivity index (χ0) is 17.6. The van der Waals surface area contributed by atoms with Crippen molar-refractivity contribution in [1.82, 2.24) is 4.90 Å². The Balaban J connectivity index is 1.70. The Morgan fingerprint density at radius 1 is 1.12 bits per heavy atom. The maximum absolute atomic E-state index is 13.0. The molecule has 1 saturated heterocycles. The van der Waals surface area contributed by atoms with Gasteiger partial charge in [0.15, 0.2) is 0 Å². The van der Waals surface area contributed by atoms with Crippen LogP contribution in [0.4, 0.5) is 0 Å². The zero-order valence-electron chi connectivity index (χ0n) is 14.4. The Morgan fingerprint density at radius 2 is 1.88 bits per heavy atom. The van der Waals surface area contributed by atoms with Crippen LogP contribution in [0.25, 0.3) is 0 Å². The molecule has 136 valence electrons. The van der Waals surface area contributed by atoms with E-state index in [-0.39, 0.29) is 30.8 Å². The summed E-state index contributed by atoms with van der Waals surface area (Å²) < 4.78 is 11.1. The van der Waals surface area contributed by atoms with Crippen molar-refractivity contribution in [2.75, 3.05) is 26.4 Å². The van der Waals surface area contributed by atoms with E-state index in [1.165, 1.54) is 0 Å². The Bertz CT molecular complexity index is 612. The van der Waals surface area contributed by atoms with Crippen LogP contribution in [0.2, 0.25) is 0 Å². The lowest BCUT2D eigenvalue weighted by atomic mass is 9.89. The Kier molecular flexibility index (Phi) is 5.91. The van der Waals surface area contributed by atoms with Gasteiger partial charge in [0.2, 0.25) is 5.91 Å². The summed E-state index contributed by atoms with van der Waals surface area (Å²) >= 11 is 0. The molecule has 2 heterocycles. The highest BCUT2D eigenvalue weighted by molar-refractivity contribution is 5.78. The first-order valence-electron chi connectivity index (χ1n) is 8.96. The molecule has 1 fully saturated rings. The van der Waals surface area contributed by atoms with Crippen molar-refractivity contribution >= 4 is 11.9 Å². The van der Waals surface area contributed by atoms with Crippen LogP contribution in [0.5, 0.6) is 5.75 Å². The number of carbonyl (C=O) groups excluding carboxylic acids is 1. The second-order valence-corrected chi connectivity index (χ2v) is 6.65. The Hall–Kier alpha value is -2.08. The van der Waals surface area contributed by atoms with Crippen LogP contribution < -0.4 is 4.74 Å². The normalized spacial score (nSPS) is 20.4. The fraction of sp³-hybridized carbons (Fsp3) is 0.579. The van der Waals surface area contributed by atoms with E-state index in [1.54, 1.807) is 4.90 Å². The molecule has 3 rings (SSSR count). The van der Waals surface area contributed by atoms with Crippen molar-refractivity contribution in [3.05, 3.63) is 29.8 Å². The van der Waals surface area contributed by atoms with Gasteiger partial charge in [-0.05, 0) is 36.8 Å². The number of para-hydroxylation sites is 1. The van der Waals surface area contributed by atoms with Crippen LogP contribution >= 0.6 is 0 Å². The van der Waals surface area contributed by atoms with Gasteiger partial charge in [-0.15, -0.1) is 0 Å². The molecule has 25 heavy (non-hydrogen) atoms. The van der Waals surface area contributed by atoms with Crippen molar-refractivity contribution in [1.29, 1.82) is 0 Å². The molecule has 0 radical (unpaired) electrons. The molecule has 0 aromatic heterocycles. The van der Waals surface area contributed by atoms with Crippen molar-refractivity contribution in [2.24, 2.45) is 0 Å². The summed E-state index contributed by atoms with van der Waals surface area (Å²) in [5.74, 6) is 0.149.